The molecule has 1 heterocycles. The number of aromatic amines is 1. The lowest BCUT2D eigenvalue weighted by Crippen LogP contribution is -2.25. The van der Waals surface area contributed by atoms with E-state index in [0.717, 1.165) is 12.8 Å². The van der Waals surface area contributed by atoms with Gasteiger partial charge in [-0.25, -0.2) is 18.1 Å². The average molecular weight is 277 g/mol. The predicted octanol–water partition coefficient (Wildman–Crippen LogP) is 0.131. The number of sulfonamides is 1. The van der Waals surface area contributed by atoms with Crippen LogP contribution >= 0.6 is 0 Å². The summed E-state index contributed by atoms with van der Waals surface area (Å²) < 4.78 is 35.8. The standard InChI is InChI=1S/C10H19N3O4S/c1-16-6-7-17-5-3-2-4-13-18(14,15)10-8-11-9-12-10/h8-9,13H,2-7H2,1H3,(H,11,12). The Balaban J connectivity index is 2.08. The molecule has 0 aliphatic carbocycles. The Morgan fingerprint density at radius 2 is 2.17 bits per heavy atom. The van der Waals surface area contributed by atoms with Crippen LogP contribution < -0.4 is 4.72 Å². The van der Waals surface area contributed by atoms with E-state index >= 15 is 0 Å². The van der Waals surface area contributed by atoms with Crippen molar-refractivity contribution in [1.82, 2.24) is 14.7 Å². The van der Waals surface area contributed by atoms with Crippen LogP contribution in [0.1, 0.15) is 12.8 Å². The molecular weight excluding hydrogens is 258 g/mol. The third-order valence-corrected chi connectivity index (χ3v) is 3.59. The van der Waals surface area contributed by atoms with E-state index in [2.05, 4.69) is 14.7 Å². The van der Waals surface area contributed by atoms with E-state index in [1.165, 1.54) is 12.5 Å². The molecule has 0 aliphatic rings. The van der Waals surface area contributed by atoms with Crippen molar-refractivity contribution in [3.05, 3.63) is 12.5 Å². The Bertz CT molecular complexity index is 405. The summed E-state index contributed by atoms with van der Waals surface area (Å²) in [5, 5.41) is 0.0823. The summed E-state index contributed by atoms with van der Waals surface area (Å²) in [5.41, 5.74) is 0. The molecule has 104 valence electrons. The van der Waals surface area contributed by atoms with Crippen molar-refractivity contribution < 1.29 is 17.9 Å². The predicted molar refractivity (Wildman–Crippen MR) is 65.7 cm³/mol. The number of imidazole rings is 1. The number of unbranched alkanes of at least 4 members (excludes halogenated alkanes) is 1. The van der Waals surface area contributed by atoms with E-state index in [-0.39, 0.29) is 5.03 Å². The normalized spacial score (nSPS) is 11.8. The van der Waals surface area contributed by atoms with Gasteiger partial charge in [-0.3, -0.25) is 0 Å². The number of ether oxygens (including phenoxy) is 2. The van der Waals surface area contributed by atoms with Crippen molar-refractivity contribution in [3.63, 3.8) is 0 Å². The van der Waals surface area contributed by atoms with Gasteiger partial charge in [-0.05, 0) is 12.8 Å². The van der Waals surface area contributed by atoms with Gasteiger partial charge in [-0.15, -0.1) is 0 Å². The van der Waals surface area contributed by atoms with Crippen molar-refractivity contribution in [2.24, 2.45) is 0 Å². The molecule has 1 aromatic heterocycles. The largest absolute Gasteiger partial charge is 0.382 e. The quantitative estimate of drug-likeness (QED) is 0.593. The van der Waals surface area contributed by atoms with Crippen LogP contribution in [0.4, 0.5) is 0 Å². The van der Waals surface area contributed by atoms with Gasteiger partial charge in [0.2, 0.25) is 0 Å². The molecule has 0 saturated carbocycles. The SMILES string of the molecule is COCCOCCCCNS(=O)(=O)c1cnc[nH]1. The first kappa shape index (κ1) is 15.1. The second-order valence-electron chi connectivity index (χ2n) is 3.63. The Kier molecular flexibility index (Phi) is 6.88. The highest BCUT2D eigenvalue weighted by atomic mass is 32.2. The average Bonchev–Trinajstić information content (AvgIpc) is 2.87. The summed E-state index contributed by atoms with van der Waals surface area (Å²) >= 11 is 0. The number of nitrogens with one attached hydrogen (secondary N) is 2. The van der Waals surface area contributed by atoms with Gasteiger partial charge in [0, 0.05) is 20.3 Å². The molecule has 1 rings (SSSR count). The molecule has 0 bridgehead atoms. The summed E-state index contributed by atoms with van der Waals surface area (Å²) in [6.45, 7) is 2.13. The van der Waals surface area contributed by atoms with E-state index in [1.807, 2.05) is 0 Å². The molecule has 0 amide bonds. The molecule has 0 aromatic carbocycles. The monoisotopic (exact) mass is 277 g/mol. The maximum atomic E-state index is 11.6. The van der Waals surface area contributed by atoms with Crippen LogP contribution in [0.25, 0.3) is 0 Å². The zero-order valence-corrected chi connectivity index (χ0v) is 11.2. The molecule has 2 N–H and O–H groups in total. The Morgan fingerprint density at radius 3 is 2.83 bits per heavy atom. The summed E-state index contributed by atoms with van der Waals surface area (Å²) in [6, 6.07) is 0. The van der Waals surface area contributed by atoms with E-state index < -0.39 is 10.0 Å². The summed E-state index contributed by atoms with van der Waals surface area (Å²) in [4.78, 5) is 6.22. The number of methoxy groups -OCH3 is 1. The minimum Gasteiger partial charge on any atom is -0.382 e. The molecule has 0 atom stereocenters. The number of H-pyrrole nitrogens is 1. The minimum absolute atomic E-state index is 0.0823. The highest BCUT2D eigenvalue weighted by Gasteiger charge is 2.13. The van der Waals surface area contributed by atoms with Crippen LogP contribution in [-0.2, 0) is 19.5 Å². The van der Waals surface area contributed by atoms with Crippen LogP contribution in [0.3, 0.4) is 0 Å². The van der Waals surface area contributed by atoms with Gasteiger partial charge in [-0.2, -0.15) is 0 Å². The fourth-order valence-electron chi connectivity index (χ4n) is 1.25. The molecule has 0 radical (unpaired) electrons. The lowest BCUT2D eigenvalue weighted by atomic mass is 10.3. The topological polar surface area (TPSA) is 93.3 Å². The molecule has 8 heteroatoms. The van der Waals surface area contributed by atoms with Gasteiger partial charge in [0.1, 0.15) is 0 Å². The number of nitrogens with zero attached hydrogens (tertiary/aromatic N) is 1. The first-order valence-electron chi connectivity index (χ1n) is 5.71. The highest BCUT2D eigenvalue weighted by Crippen LogP contribution is 2.01. The highest BCUT2D eigenvalue weighted by molar-refractivity contribution is 7.89. The molecular formula is C10H19N3O4S. The lowest BCUT2D eigenvalue weighted by molar-refractivity contribution is 0.0689. The van der Waals surface area contributed by atoms with Gasteiger partial charge < -0.3 is 14.5 Å². The lowest BCUT2D eigenvalue weighted by Gasteiger charge is -2.05. The molecule has 0 spiro atoms. The second-order valence-corrected chi connectivity index (χ2v) is 5.36. The molecule has 0 fully saturated rings. The molecule has 0 saturated heterocycles. The smallest absolute Gasteiger partial charge is 0.257 e. The zero-order chi connectivity index (χ0) is 13.3. The third kappa shape index (κ3) is 5.58. The van der Waals surface area contributed by atoms with Crippen molar-refractivity contribution in [2.75, 3.05) is 33.5 Å². The molecule has 0 unspecified atom stereocenters. The van der Waals surface area contributed by atoms with Crippen molar-refractivity contribution in [3.8, 4) is 0 Å². The van der Waals surface area contributed by atoms with Crippen molar-refractivity contribution >= 4 is 10.0 Å². The summed E-state index contributed by atoms with van der Waals surface area (Å²) in [6.07, 6.45) is 4.13. The first-order chi connectivity index (χ1) is 8.67. The van der Waals surface area contributed by atoms with Gasteiger partial charge >= 0.3 is 0 Å². The number of aromatic nitrogens is 2. The Labute approximate surface area is 107 Å². The van der Waals surface area contributed by atoms with Crippen LogP contribution in [0.2, 0.25) is 0 Å². The van der Waals surface area contributed by atoms with E-state index in [0.29, 0.717) is 26.4 Å². The summed E-state index contributed by atoms with van der Waals surface area (Å²) in [7, 11) is -1.83. The Hall–Kier alpha value is -0.960. The van der Waals surface area contributed by atoms with Gasteiger partial charge in [0.25, 0.3) is 10.0 Å². The molecule has 18 heavy (non-hydrogen) atoms. The van der Waals surface area contributed by atoms with E-state index in [1.54, 1.807) is 7.11 Å². The van der Waals surface area contributed by atoms with Crippen LogP contribution in [-0.4, -0.2) is 51.9 Å². The number of hydrogen-bond donors (Lipinski definition) is 2. The minimum atomic E-state index is -3.45. The summed E-state index contributed by atoms with van der Waals surface area (Å²) in [5.74, 6) is 0. The number of hydrogen-bond acceptors (Lipinski definition) is 5. The fraction of sp³-hybridized carbons (Fsp3) is 0.700. The van der Waals surface area contributed by atoms with Crippen LogP contribution in [0.5, 0.6) is 0 Å². The fourth-order valence-corrected chi connectivity index (χ4v) is 2.22. The Morgan fingerprint density at radius 1 is 1.33 bits per heavy atom. The maximum absolute atomic E-state index is 11.6. The van der Waals surface area contributed by atoms with Crippen molar-refractivity contribution in [2.45, 2.75) is 17.9 Å². The van der Waals surface area contributed by atoms with Crippen molar-refractivity contribution in [1.29, 1.82) is 0 Å². The number of rotatable bonds is 10. The first-order valence-corrected chi connectivity index (χ1v) is 7.20. The zero-order valence-electron chi connectivity index (χ0n) is 10.4. The molecule has 7 nitrogen and oxygen atoms in total. The maximum Gasteiger partial charge on any atom is 0.257 e. The van der Waals surface area contributed by atoms with Gasteiger partial charge in [-0.1, -0.05) is 0 Å². The van der Waals surface area contributed by atoms with E-state index in [4.69, 9.17) is 9.47 Å². The molecule has 0 aliphatic heterocycles. The van der Waals surface area contributed by atoms with E-state index in [9.17, 15) is 8.42 Å². The molecule has 1 aromatic rings. The second kappa shape index (κ2) is 8.20. The van der Waals surface area contributed by atoms with Crippen LogP contribution in [0, 0.1) is 0 Å². The third-order valence-electron chi connectivity index (χ3n) is 2.20. The van der Waals surface area contributed by atoms with Gasteiger partial charge in [0.05, 0.1) is 25.7 Å². The van der Waals surface area contributed by atoms with Crippen LogP contribution in [0.15, 0.2) is 17.6 Å². The van der Waals surface area contributed by atoms with Gasteiger partial charge in [0.15, 0.2) is 5.03 Å².